The molecule has 0 unspecified atom stereocenters. The van der Waals surface area contributed by atoms with Crippen LogP contribution in [0.4, 0.5) is 0 Å². The van der Waals surface area contributed by atoms with Gasteiger partial charge in [-0.3, -0.25) is 4.79 Å². The Balaban J connectivity index is 1.55. The van der Waals surface area contributed by atoms with Gasteiger partial charge in [0.15, 0.2) is 0 Å². The van der Waals surface area contributed by atoms with Gasteiger partial charge in [-0.05, 0) is 50.5 Å². The topological polar surface area (TPSA) is 54.1 Å². The Bertz CT molecular complexity index is 719. The van der Waals surface area contributed by atoms with Crippen molar-refractivity contribution >= 4 is 16.8 Å². The number of carbonyl (C=O) groups is 1. The van der Waals surface area contributed by atoms with Crippen molar-refractivity contribution in [2.24, 2.45) is 5.92 Å². The van der Waals surface area contributed by atoms with Gasteiger partial charge in [-0.15, -0.1) is 0 Å². The number of ether oxygens (including phenoxy) is 1. The van der Waals surface area contributed by atoms with Crippen molar-refractivity contribution in [2.75, 3.05) is 6.61 Å². The minimum Gasteiger partial charge on any atom is -0.378 e. The third-order valence-electron chi connectivity index (χ3n) is 5.15. The van der Waals surface area contributed by atoms with Crippen LogP contribution in [0.15, 0.2) is 18.2 Å². The van der Waals surface area contributed by atoms with Crippen LogP contribution >= 0.6 is 0 Å². The zero-order valence-electron chi connectivity index (χ0n) is 12.4. The number of rotatable bonds is 2. The van der Waals surface area contributed by atoms with Crippen LogP contribution in [0.3, 0.4) is 0 Å². The first-order valence-electron chi connectivity index (χ1n) is 7.65. The van der Waals surface area contributed by atoms with Gasteiger partial charge in [0, 0.05) is 40.7 Å². The van der Waals surface area contributed by atoms with Crippen LogP contribution in [0.25, 0.3) is 10.9 Å². The Kier molecular flexibility index (Phi) is 2.82. The number of nitrogens with one attached hydrogen (secondary N) is 2. The van der Waals surface area contributed by atoms with E-state index in [1.54, 1.807) is 0 Å². The summed E-state index contributed by atoms with van der Waals surface area (Å²) >= 11 is 0. The van der Waals surface area contributed by atoms with Crippen LogP contribution in [0.5, 0.6) is 0 Å². The van der Waals surface area contributed by atoms with Crippen molar-refractivity contribution in [3.05, 3.63) is 35.0 Å². The Morgan fingerprint density at radius 3 is 3.05 bits per heavy atom. The smallest absolute Gasteiger partial charge is 0.251 e. The van der Waals surface area contributed by atoms with Gasteiger partial charge in [-0.1, -0.05) is 0 Å². The summed E-state index contributed by atoms with van der Waals surface area (Å²) in [4.78, 5) is 15.8. The van der Waals surface area contributed by atoms with Crippen molar-refractivity contribution in [3.8, 4) is 0 Å². The highest BCUT2D eigenvalue weighted by atomic mass is 16.5. The second-order valence-electron chi connectivity index (χ2n) is 6.31. The minimum absolute atomic E-state index is 0.0329. The quantitative estimate of drug-likeness (QED) is 0.891. The average Bonchev–Trinajstić information content (AvgIpc) is 2.97. The summed E-state index contributed by atoms with van der Waals surface area (Å²) < 4.78 is 5.59. The van der Waals surface area contributed by atoms with E-state index in [0.717, 1.165) is 41.6 Å². The van der Waals surface area contributed by atoms with E-state index in [9.17, 15) is 4.79 Å². The fourth-order valence-electron chi connectivity index (χ4n) is 3.62. The maximum absolute atomic E-state index is 12.4. The van der Waals surface area contributed by atoms with Crippen LogP contribution in [-0.2, 0) is 4.74 Å². The first-order valence-corrected chi connectivity index (χ1v) is 7.65. The molecule has 2 aromatic rings. The average molecular weight is 284 g/mol. The molecule has 1 saturated carbocycles. The van der Waals surface area contributed by atoms with Crippen molar-refractivity contribution in [1.29, 1.82) is 0 Å². The van der Waals surface area contributed by atoms with E-state index in [2.05, 4.69) is 24.1 Å². The fraction of sp³-hybridized carbons (Fsp3) is 0.471. The van der Waals surface area contributed by atoms with E-state index in [4.69, 9.17) is 4.74 Å². The lowest BCUT2D eigenvalue weighted by Gasteiger charge is -2.39. The summed E-state index contributed by atoms with van der Waals surface area (Å²) in [5.41, 5.74) is 4.21. The molecule has 1 aliphatic heterocycles. The second-order valence-corrected chi connectivity index (χ2v) is 6.31. The molecule has 2 aliphatic rings. The lowest BCUT2D eigenvalue weighted by Crippen LogP contribution is -2.53. The fourth-order valence-corrected chi connectivity index (χ4v) is 3.62. The van der Waals surface area contributed by atoms with Gasteiger partial charge in [0.05, 0.1) is 6.10 Å². The Morgan fingerprint density at radius 2 is 2.24 bits per heavy atom. The number of H-pyrrole nitrogens is 1. The summed E-state index contributed by atoms with van der Waals surface area (Å²) in [6.45, 7) is 4.99. The maximum Gasteiger partial charge on any atom is 0.251 e. The predicted molar refractivity (Wildman–Crippen MR) is 81.5 cm³/mol. The number of fused-ring (bicyclic) bond motifs is 2. The molecule has 2 N–H and O–H groups in total. The predicted octanol–water partition coefficient (Wildman–Crippen LogP) is 2.69. The Labute approximate surface area is 123 Å². The summed E-state index contributed by atoms with van der Waals surface area (Å²) in [5.74, 6) is 0.555. The Morgan fingerprint density at radius 1 is 1.38 bits per heavy atom. The van der Waals surface area contributed by atoms with Crippen LogP contribution < -0.4 is 5.32 Å². The van der Waals surface area contributed by atoms with Gasteiger partial charge in [-0.2, -0.15) is 0 Å². The van der Waals surface area contributed by atoms with Gasteiger partial charge in [0.1, 0.15) is 0 Å². The molecule has 1 aliphatic carbocycles. The van der Waals surface area contributed by atoms with Crippen LogP contribution in [-0.4, -0.2) is 29.6 Å². The van der Waals surface area contributed by atoms with Gasteiger partial charge in [0.25, 0.3) is 5.91 Å². The molecular weight excluding hydrogens is 264 g/mol. The molecule has 4 heteroatoms. The highest BCUT2D eigenvalue weighted by Gasteiger charge is 2.45. The molecule has 0 spiro atoms. The van der Waals surface area contributed by atoms with Crippen molar-refractivity contribution in [2.45, 2.75) is 38.8 Å². The lowest BCUT2D eigenvalue weighted by atomic mass is 9.76. The molecule has 1 amide bonds. The first kappa shape index (κ1) is 12.9. The SMILES string of the molecule is Cc1[nH]c2ccc(C(=O)N[C@@H]3C[C@@H]4OCC[C@@H]43)cc2c1C. The number of benzene rings is 1. The summed E-state index contributed by atoms with van der Waals surface area (Å²) in [6, 6.07) is 6.17. The zero-order valence-corrected chi connectivity index (χ0v) is 12.4. The van der Waals surface area contributed by atoms with Gasteiger partial charge < -0.3 is 15.0 Å². The number of aromatic amines is 1. The standard InChI is InChI=1S/C17H20N2O2/c1-9-10(2)18-14-4-3-11(7-13(9)14)17(20)19-15-8-16-12(15)5-6-21-16/h3-4,7,12,15-16,18H,5-6,8H2,1-2H3,(H,19,20)/t12-,15-,16+/m1/s1. The number of amides is 1. The summed E-state index contributed by atoms with van der Waals surface area (Å²) in [6.07, 6.45) is 2.42. The van der Waals surface area contributed by atoms with E-state index < -0.39 is 0 Å². The van der Waals surface area contributed by atoms with E-state index in [-0.39, 0.29) is 11.9 Å². The highest BCUT2D eigenvalue weighted by molar-refractivity contribution is 5.99. The molecule has 0 bridgehead atoms. The molecule has 1 saturated heterocycles. The number of aromatic nitrogens is 1. The molecule has 4 rings (SSSR count). The molecule has 3 atom stereocenters. The third-order valence-corrected chi connectivity index (χ3v) is 5.15. The molecule has 1 aromatic carbocycles. The normalized spacial score (nSPS) is 27.4. The van der Waals surface area contributed by atoms with Crippen LogP contribution in [0.2, 0.25) is 0 Å². The largest absolute Gasteiger partial charge is 0.378 e. The first-order chi connectivity index (χ1) is 10.1. The summed E-state index contributed by atoms with van der Waals surface area (Å²) in [7, 11) is 0. The molecule has 0 radical (unpaired) electrons. The van der Waals surface area contributed by atoms with E-state index >= 15 is 0 Å². The number of carbonyl (C=O) groups excluding carboxylic acids is 1. The molecule has 2 fully saturated rings. The lowest BCUT2D eigenvalue weighted by molar-refractivity contribution is 0.00810. The number of aryl methyl sites for hydroxylation is 2. The third kappa shape index (κ3) is 1.97. The van der Waals surface area contributed by atoms with Crippen molar-refractivity contribution < 1.29 is 9.53 Å². The van der Waals surface area contributed by atoms with Crippen LogP contribution in [0.1, 0.15) is 34.5 Å². The number of hydrogen-bond donors (Lipinski definition) is 2. The molecule has 4 nitrogen and oxygen atoms in total. The molecule has 21 heavy (non-hydrogen) atoms. The van der Waals surface area contributed by atoms with E-state index in [1.807, 2.05) is 18.2 Å². The molecule has 1 aromatic heterocycles. The highest BCUT2D eigenvalue weighted by Crippen LogP contribution is 2.38. The molecular formula is C17H20N2O2. The van der Waals surface area contributed by atoms with Crippen LogP contribution in [0, 0.1) is 19.8 Å². The Hall–Kier alpha value is -1.81. The molecule has 2 heterocycles. The van der Waals surface area contributed by atoms with E-state index in [1.165, 1.54) is 5.56 Å². The minimum atomic E-state index is 0.0329. The monoisotopic (exact) mass is 284 g/mol. The van der Waals surface area contributed by atoms with Gasteiger partial charge in [-0.25, -0.2) is 0 Å². The summed E-state index contributed by atoms with van der Waals surface area (Å²) in [5, 5.41) is 4.30. The van der Waals surface area contributed by atoms with Gasteiger partial charge >= 0.3 is 0 Å². The van der Waals surface area contributed by atoms with Crippen molar-refractivity contribution in [3.63, 3.8) is 0 Å². The van der Waals surface area contributed by atoms with Gasteiger partial charge in [0.2, 0.25) is 0 Å². The second kappa shape index (κ2) is 4.60. The van der Waals surface area contributed by atoms with E-state index in [0.29, 0.717) is 12.0 Å². The van der Waals surface area contributed by atoms with Crippen molar-refractivity contribution in [1.82, 2.24) is 10.3 Å². The zero-order chi connectivity index (χ0) is 14.6. The molecule has 110 valence electrons. The number of hydrogen-bond acceptors (Lipinski definition) is 2. The maximum atomic E-state index is 12.4.